The molecule has 0 saturated carbocycles. The third kappa shape index (κ3) is 4.86. The van der Waals surface area contributed by atoms with Gasteiger partial charge < -0.3 is 14.7 Å². The molecule has 1 rings (SSSR count). The molecule has 0 atom stereocenters. The molecular weight excluding hydrogens is 240 g/mol. The number of carboxylic acid groups (broad SMARTS) is 1. The highest BCUT2D eigenvalue weighted by molar-refractivity contribution is 5.66. The van der Waals surface area contributed by atoms with Crippen LogP contribution in [0.3, 0.4) is 0 Å². The Labute approximate surface area is 104 Å². The Hall–Kier alpha value is -2.05. The van der Waals surface area contributed by atoms with Crippen molar-refractivity contribution in [3.63, 3.8) is 0 Å². The van der Waals surface area contributed by atoms with Crippen molar-refractivity contribution in [2.45, 2.75) is 26.2 Å². The molecular formula is C11H16N2O5. The van der Waals surface area contributed by atoms with Crippen molar-refractivity contribution < 1.29 is 19.5 Å². The highest BCUT2D eigenvalue weighted by Gasteiger charge is 2.02. The first kappa shape index (κ1) is 14.0. The van der Waals surface area contributed by atoms with Crippen molar-refractivity contribution in [3.8, 4) is 5.88 Å². The number of unbranched alkanes of at least 4 members (excludes halogenated alkanes) is 1. The molecule has 1 aromatic rings. The normalized spacial score (nSPS) is 10.1. The molecule has 0 aliphatic carbocycles. The number of ether oxygens (including phenoxy) is 1. The van der Waals surface area contributed by atoms with E-state index in [0.717, 1.165) is 4.85 Å². The van der Waals surface area contributed by atoms with Gasteiger partial charge >= 0.3 is 11.5 Å². The Morgan fingerprint density at radius 3 is 2.89 bits per heavy atom. The zero-order valence-electron chi connectivity index (χ0n) is 10.2. The van der Waals surface area contributed by atoms with Gasteiger partial charge in [0.2, 0.25) is 5.88 Å². The average molecular weight is 256 g/mol. The number of nitrogens with zero attached hydrogens (tertiary/aromatic N) is 2. The third-order valence-corrected chi connectivity index (χ3v) is 2.04. The predicted octanol–water partition coefficient (Wildman–Crippen LogP) is 0.326. The fraction of sp³-hybridized carbons (Fsp3) is 0.545. The van der Waals surface area contributed by atoms with Gasteiger partial charge in [-0.2, -0.15) is 0 Å². The Balaban J connectivity index is 2.43. The van der Waals surface area contributed by atoms with E-state index in [1.807, 2.05) is 6.92 Å². The van der Waals surface area contributed by atoms with E-state index in [-0.39, 0.29) is 13.0 Å². The van der Waals surface area contributed by atoms with E-state index in [4.69, 9.17) is 14.7 Å². The summed E-state index contributed by atoms with van der Waals surface area (Å²) in [5.74, 6) is -0.536. The van der Waals surface area contributed by atoms with Gasteiger partial charge in [-0.15, -0.1) is 0 Å². The second kappa shape index (κ2) is 7.31. The summed E-state index contributed by atoms with van der Waals surface area (Å²) < 4.78 is 5.13. The fourth-order valence-corrected chi connectivity index (χ4v) is 1.23. The first-order chi connectivity index (χ1) is 8.63. The first-order valence-corrected chi connectivity index (χ1v) is 5.71. The molecule has 0 bridgehead atoms. The molecule has 1 aromatic heterocycles. The van der Waals surface area contributed by atoms with Gasteiger partial charge in [0, 0.05) is 18.6 Å². The largest absolute Gasteiger partial charge is 0.481 e. The number of aliphatic carboxylic acids is 1. The van der Waals surface area contributed by atoms with Crippen LogP contribution in [-0.4, -0.2) is 34.2 Å². The molecule has 0 aromatic carbocycles. The summed E-state index contributed by atoms with van der Waals surface area (Å²) in [5.41, 5.74) is -0.392. The van der Waals surface area contributed by atoms with Gasteiger partial charge in [0.25, 0.3) is 0 Å². The number of aromatic nitrogens is 2. The molecule has 0 fully saturated rings. The molecule has 0 unspecified atom stereocenters. The minimum Gasteiger partial charge on any atom is -0.481 e. The van der Waals surface area contributed by atoms with E-state index < -0.39 is 11.5 Å². The summed E-state index contributed by atoms with van der Waals surface area (Å²) in [5, 5.41) is 12.3. The van der Waals surface area contributed by atoms with Crippen molar-refractivity contribution >= 4 is 5.97 Å². The van der Waals surface area contributed by atoms with Crippen molar-refractivity contribution in [1.29, 1.82) is 0 Å². The first-order valence-electron chi connectivity index (χ1n) is 5.71. The Bertz CT molecular complexity index is 443. The summed E-state index contributed by atoms with van der Waals surface area (Å²) in [6.07, 6.45) is 1.12. The minimum atomic E-state index is -0.844. The minimum absolute atomic E-state index is 0.0880. The molecule has 0 aliphatic rings. The Morgan fingerprint density at radius 1 is 1.44 bits per heavy atom. The van der Waals surface area contributed by atoms with Gasteiger partial charge in [0.1, 0.15) is 6.61 Å². The van der Waals surface area contributed by atoms with Crippen LogP contribution >= 0.6 is 0 Å². The SMILES string of the molecule is CCOc1ccc(=O)n(OCCCCC(=O)O)n1. The van der Waals surface area contributed by atoms with Crippen LogP contribution in [0.1, 0.15) is 26.2 Å². The molecule has 0 spiro atoms. The van der Waals surface area contributed by atoms with Gasteiger partial charge in [-0.25, -0.2) is 0 Å². The lowest BCUT2D eigenvalue weighted by atomic mass is 10.2. The van der Waals surface area contributed by atoms with Crippen LogP contribution in [0.2, 0.25) is 0 Å². The highest BCUT2D eigenvalue weighted by Crippen LogP contribution is 2.00. The summed E-state index contributed by atoms with van der Waals surface area (Å²) in [6.45, 7) is 2.49. The molecule has 7 heteroatoms. The second-order valence-electron chi connectivity index (χ2n) is 3.50. The van der Waals surface area contributed by atoms with Crippen molar-refractivity contribution in [2.75, 3.05) is 13.2 Å². The molecule has 0 aliphatic heterocycles. The van der Waals surface area contributed by atoms with E-state index in [1.165, 1.54) is 12.1 Å². The zero-order chi connectivity index (χ0) is 13.4. The van der Waals surface area contributed by atoms with Gasteiger partial charge in [-0.05, 0) is 19.8 Å². The lowest BCUT2D eigenvalue weighted by Crippen LogP contribution is -2.29. The van der Waals surface area contributed by atoms with Crippen molar-refractivity contribution in [2.24, 2.45) is 0 Å². The molecule has 7 nitrogen and oxygen atoms in total. The van der Waals surface area contributed by atoms with Gasteiger partial charge in [0.15, 0.2) is 0 Å². The number of hydrogen-bond donors (Lipinski definition) is 1. The van der Waals surface area contributed by atoms with E-state index in [0.29, 0.717) is 25.3 Å². The Morgan fingerprint density at radius 2 is 2.22 bits per heavy atom. The zero-order valence-corrected chi connectivity index (χ0v) is 10.2. The Kier molecular flexibility index (Phi) is 5.69. The average Bonchev–Trinajstić information content (AvgIpc) is 2.32. The van der Waals surface area contributed by atoms with Crippen molar-refractivity contribution in [1.82, 2.24) is 9.94 Å². The standard InChI is InChI=1S/C11H16N2O5/c1-2-17-9-6-7-10(14)13(12-9)18-8-4-3-5-11(15)16/h6-7H,2-5,8H2,1H3,(H,15,16). The van der Waals surface area contributed by atoms with Crippen molar-refractivity contribution in [3.05, 3.63) is 22.5 Å². The molecule has 0 radical (unpaired) electrons. The van der Waals surface area contributed by atoms with Crippen LogP contribution in [0.5, 0.6) is 5.88 Å². The van der Waals surface area contributed by atoms with Crippen LogP contribution in [0.25, 0.3) is 0 Å². The molecule has 18 heavy (non-hydrogen) atoms. The van der Waals surface area contributed by atoms with Gasteiger partial charge in [-0.1, -0.05) is 9.94 Å². The fourth-order valence-electron chi connectivity index (χ4n) is 1.23. The molecule has 1 heterocycles. The lowest BCUT2D eigenvalue weighted by molar-refractivity contribution is -0.137. The molecule has 100 valence electrons. The van der Waals surface area contributed by atoms with Gasteiger partial charge in [-0.3, -0.25) is 9.59 Å². The summed E-state index contributed by atoms with van der Waals surface area (Å²) >= 11 is 0. The van der Waals surface area contributed by atoms with Crippen LogP contribution < -0.4 is 15.1 Å². The maximum Gasteiger partial charge on any atom is 0.303 e. The van der Waals surface area contributed by atoms with E-state index in [2.05, 4.69) is 5.10 Å². The number of carbonyl (C=O) groups is 1. The highest BCUT2D eigenvalue weighted by atomic mass is 16.7. The maximum absolute atomic E-state index is 11.4. The number of hydrogen-bond acceptors (Lipinski definition) is 5. The lowest BCUT2D eigenvalue weighted by Gasteiger charge is -2.07. The molecule has 0 amide bonds. The number of rotatable bonds is 8. The monoisotopic (exact) mass is 256 g/mol. The predicted molar refractivity (Wildman–Crippen MR) is 62.6 cm³/mol. The van der Waals surface area contributed by atoms with Crippen LogP contribution in [0, 0.1) is 0 Å². The van der Waals surface area contributed by atoms with Crippen LogP contribution in [-0.2, 0) is 4.79 Å². The molecule has 0 saturated heterocycles. The second-order valence-corrected chi connectivity index (χ2v) is 3.50. The smallest absolute Gasteiger partial charge is 0.303 e. The van der Waals surface area contributed by atoms with Gasteiger partial charge in [0.05, 0.1) is 6.61 Å². The topological polar surface area (TPSA) is 90.7 Å². The van der Waals surface area contributed by atoms with Crippen LogP contribution in [0.4, 0.5) is 0 Å². The quantitative estimate of drug-likeness (QED) is 0.674. The summed E-state index contributed by atoms with van der Waals surface area (Å²) in [6, 6.07) is 2.77. The summed E-state index contributed by atoms with van der Waals surface area (Å²) in [4.78, 5) is 27.6. The van der Waals surface area contributed by atoms with E-state index >= 15 is 0 Å². The summed E-state index contributed by atoms with van der Waals surface area (Å²) in [7, 11) is 0. The van der Waals surface area contributed by atoms with E-state index in [1.54, 1.807) is 0 Å². The number of carboxylic acids is 1. The molecule has 1 N–H and O–H groups in total. The maximum atomic E-state index is 11.4. The van der Waals surface area contributed by atoms with E-state index in [9.17, 15) is 9.59 Å². The van der Waals surface area contributed by atoms with Crippen LogP contribution in [0.15, 0.2) is 16.9 Å². The third-order valence-electron chi connectivity index (χ3n) is 2.04.